The molecule has 194 valence electrons. The molecule has 0 atom stereocenters. The zero-order valence-electron chi connectivity index (χ0n) is 23.0. The van der Waals surface area contributed by atoms with Gasteiger partial charge in [-0.15, -0.1) is 0 Å². The van der Waals surface area contributed by atoms with Crippen LogP contribution < -0.4 is 0 Å². The van der Waals surface area contributed by atoms with E-state index in [1.807, 2.05) is 0 Å². The Bertz CT molecular complexity index is 2370. The number of rotatable bonds is 3. The third-order valence-electron chi connectivity index (χ3n) is 9.00. The van der Waals surface area contributed by atoms with Gasteiger partial charge in [0.1, 0.15) is 0 Å². The van der Waals surface area contributed by atoms with Crippen molar-refractivity contribution in [3.8, 4) is 33.4 Å². The predicted molar refractivity (Wildman–Crippen MR) is 181 cm³/mol. The third kappa shape index (κ3) is 3.24. The van der Waals surface area contributed by atoms with E-state index in [-0.39, 0.29) is 0 Å². The van der Waals surface area contributed by atoms with E-state index < -0.39 is 0 Å². The molecule has 0 heteroatoms. The maximum absolute atomic E-state index is 2.38. The number of benzene rings is 9. The largest absolute Gasteiger partial charge is 0.0622 e. The second-order valence-electron chi connectivity index (χ2n) is 11.2. The lowest BCUT2D eigenvalue weighted by atomic mass is 9.80. The lowest BCUT2D eigenvalue weighted by molar-refractivity contribution is 1.64. The van der Waals surface area contributed by atoms with E-state index in [2.05, 4.69) is 158 Å². The molecule has 42 heavy (non-hydrogen) atoms. The smallest absolute Gasteiger partial charge is 0.000763 e. The van der Waals surface area contributed by atoms with Crippen molar-refractivity contribution in [2.24, 2.45) is 0 Å². The monoisotopic (exact) mass is 530 g/mol. The Morgan fingerprint density at radius 1 is 0.214 bits per heavy atom. The van der Waals surface area contributed by atoms with Gasteiger partial charge in [-0.2, -0.15) is 0 Å². The van der Waals surface area contributed by atoms with Crippen molar-refractivity contribution in [2.45, 2.75) is 0 Å². The minimum Gasteiger partial charge on any atom is -0.0622 e. The van der Waals surface area contributed by atoms with Crippen molar-refractivity contribution in [2.75, 3.05) is 0 Å². The summed E-state index contributed by atoms with van der Waals surface area (Å²) in [7, 11) is 0. The van der Waals surface area contributed by atoms with Crippen LogP contribution in [0.25, 0.3) is 87.2 Å². The van der Waals surface area contributed by atoms with E-state index in [4.69, 9.17) is 0 Å². The summed E-state index contributed by atoms with van der Waals surface area (Å²) >= 11 is 0. The Kier molecular flexibility index (Phi) is 5.00. The molecular formula is C42H26. The molecule has 0 aliphatic carbocycles. The fourth-order valence-corrected chi connectivity index (χ4v) is 7.29. The quantitative estimate of drug-likeness (QED) is 0.157. The van der Waals surface area contributed by atoms with Crippen LogP contribution in [0.4, 0.5) is 0 Å². The topological polar surface area (TPSA) is 0 Å². The van der Waals surface area contributed by atoms with Gasteiger partial charge < -0.3 is 0 Å². The second kappa shape index (κ2) is 9.03. The summed E-state index contributed by atoms with van der Waals surface area (Å²) in [6, 6.07) is 57.9. The van der Waals surface area contributed by atoms with Gasteiger partial charge in [0.25, 0.3) is 0 Å². The van der Waals surface area contributed by atoms with Gasteiger partial charge in [0.15, 0.2) is 0 Å². The molecule has 9 rings (SSSR count). The molecular weight excluding hydrogens is 504 g/mol. The van der Waals surface area contributed by atoms with Crippen molar-refractivity contribution in [1.29, 1.82) is 0 Å². The molecule has 0 N–H and O–H groups in total. The lowest BCUT2D eigenvalue weighted by Gasteiger charge is -2.22. The van der Waals surface area contributed by atoms with E-state index in [1.165, 1.54) is 87.2 Å². The fourth-order valence-electron chi connectivity index (χ4n) is 7.29. The first-order valence-electron chi connectivity index (χ1n) is 14.6. The summed E-state index contributed by atoms with van der Waals surface area (Å²) in [5, 5.41) is 13.2. The standard InChI is InChI=1S/C42H26/c1-4-13-27(14-5-1)30-23-25-36-35-22-12-21-34-32-19-10-11-20-33(32)38(29-17-8-3-9-18-29)42(40(34)35)37-26-24-31(39(30)41(36)37)28-15-6-2-7-16-28/h1-26H. The summed E-state index contributed by atoms with van der Waals surface area (Å²) in [5.41, 5.74) is 7.59. The van der Waals surface area contributed by atoms with E-state index in [0.717, 1.165) is 0 Å². The van der Waals surface area contributed by atoms with Crippen LogP contribution in [0, 0.1) is 0 Å². The molecule has 0 radical (unpaired) electrons. The summed E-state index contributed by atoms with van der Waals surface area (Å²) < 4.78 is 0. The molecule has 0 amide bonds. The number of hydrogen-bond acceptors (Lipinski definition) is 0. The van der Waals surface area contributed by atoms with Gasteiger partial charge in [-0.05, 0) is 87.2 Å². The molecule has 0 unspecified atom stereocenters. The molecule has 0 fully saturated rings. The maximum atomic E-state index is 2.38. The molecule has 9 aromatic rings. The van der Waals surface area contributed by atoms with Gasteiger partial charge in [0, 0.05) is 0 Å². The zero-order chi connectivity index (χ0) is 27.6. The Labute approximate surface area is 244 Å². The van der Waals surface area contributed by atoms with Gasteiger partial charge in [0.05, 0.1) is 0 Å². The van der Waals surface area contributed by atoms with Crippen molar-refractivity contribution in [3.05, 3.63) is 158 Å². The van der Waals surface area contributed by atoms with Crippen LogP contribution in [0.2, 0.25) is 0 Å². The summed E-state index contributed by atoms with van der Waals surface area (Å²) in [6.07, 6.45) is 0. The number of fused-ring (bicyclic) bond motifs is 4. The minimum atomic E-state index is 1.24. The molecule has 0 bridgehead atoms. The van der Waals surface area contributed by atoms with Gasteiger partial charge in [-0.3, -0.25) is 0 Å². The second-order valence-corrected chi connectivity index (χ2v) is 11.2. The van der Waals surface area contributed by atoms with Gasteiger partial charge in [-0.25, -0.2) is 0 Å². The van der Waals surface area contributed by atoms with E-state index in [0.29, 0.717) is 0 Å². The van der Waals surface area contributed by atoms with Crippen molar-refractivity contribution in [3.63, 3.8) is 0 Å². The average Bonchev–Trinajstić information content (AvgIpc) is 3.07. The van der Waals surface area contributed by atoms with Gasteiger partial charge >= 0.3 is 0 Å². The molecule has 9 aromatic carbocycles. The van der Waals surface area contributed by atoms with Crippen molar-refractivity contribution in [1.82, 2.24) is 0 Å². The van der Waals surface area contributed by atoms with Crippen LogP contribution in [-0.2, 0) is 0 Å². The molecule has 0 nitrogen and oxygen atoms in total. The predicted octanol–water partition coefficient (Wildman–Crippen LogP) is 11.9. The molecule has 0 aliphatic heterocycles. The van der Waals surface area contributed by atoms with Crippen LogP contribution in [-0.4, -0.2) is 0 Å². The first kappa shape index (κ1) is 23.3. The highest BCUT2D eigenvalue weighted by Gasteiger charge is 2.22. The molecule has 0 aromatic heterocycles. The van der Waals surface area contributed by atoms with Gasteiger partial charge in [-0.1, -0.05) is 158 Å². The normalized spacial score (nSPS) is 11.8. The van der Waals surface area contributed by atoms with Crippen LogP contribution in [0.5, 0.6) is 0 Å². The van der Waals surface area contributed by atoms with Crippen LogP contribution >= 0.6 is 0 Å². The van der Waals surface area contributed by atoms with E-state index >= 15 is 0 Å². The molecule has 0 aliphatic rings. The first-order valence-corrected chi connectivity index (χ1v) is 14.6. The van der Waals surface area contributed by atoms with Gasteiger partial charge in [0.2, 0.25) is 0 Å². The minimum absolute atomic E-state index is 1.24. The number of hydrogen-bond donors (Lipinski definition) is 0. The van der Waals surface area contributed by atoms with Crippen LogP contribution in [0.15, 0.2) is 158 Å². The Balaban J connectivity index is 1.60. The average molecular weight is 531 g/mol. The van der Waals surface area contributed by atoms with Crippen molar-refractivity contribution >= 4 is 53.9 Å². The highest BCUT2D eigenvalue weighted by atomic mass is 14.2. The Morgan fingerprint density at radius 3 is 1.26 bits per heavy atom. The highest BCUT2D eigenvalue weighted by molar-refractivity contribution is 6.41. The molecule has 0 spiro atoms. The molecule has 0 heterocycles. The van der Waals surface area contributed by atoms with E-state index in [1.54, 1.807) is 0 Å². The third-order valence-corrected chi connectivity index (χ3v) is 9.00. The fraction of sp³-hybridized carbons (Fsp3) is 0. The van der Waals surface area contributed by atoms with Crippen LogP contribution in [0.3, 0.4) is 0 Å². The Hall–Kier alpha value is -5.46. The maximum Gasteiger partial charge on any atom is -0.000763 e. The zero-order valence-corrected chi connectivity index (χ0v) is 23.0. The lowest BCUT2D eigenvalue weighted by Crippen LogP contribution is -1.94. The first-order chi connectivity index (χ1) is 20.9. The van der Waals surface area contributed by atoms with Crippen LogP contribution in [0.1, 0.15) is 0 Å². The molecule has 0 saturated heterocycles. The van der Waals surface area contributed by atoms with Crippen molar-refractivity contribution < 1.29 is 0 Å². The SMILES string of the molecule is c1ccc(-c2ccc3c4cccc5c6ccccc6c(-c6ccccc6)c(c6ccc(-c7ccccc7)c2c36)c54)cc1. The summed E-state index contributed by atoms with van der Waals surface area (Å²) in [4.78, 5) is 0. The van der Waals surface area contributed by atoms with E-state index in [9.17, 15) is 0 Å². The molecule has 0 saturated carbocycles. The highest BCUT2D eigenvalue weighted by Crippen LogP contribution is 2.50. The Morgan fingerprint density at radius 2 is 0.643 bits per heavy atom. The summed E-state index contributed by atoms with van der Waals surface area (Å²) in [5.74, 6) is 0. The summed E-state index contributed by atoms with van der Waals surface area (Å²) in [6.45, 7) is 0.